The van der Waals surface area contributed by atoms with E-state index in [2.05, 4.69) is 29.6 Å². The van der Waals surface area contributed by atoms with Gasteiger partial charge in [0.15, 0.2) is 23.0 Å². The first-order chi connectivity index (χ1) is 21.0. The first-order valence-electron chi connectivity index (χ1n) is 13.8. The molecular formula is C33H28N2O7S. The zero-order chi connectivity index (χ0) is 29.8. The fraction of sp³-hybridized carbons (Fsp3) is 0.182. The Morgan fingerprint density at radius 3 is 2.56 bits per heavy atom. The Labute approximate surface area is 252 Å². The fourth-order valence-electron chi connectivity index (χ4n) is 4.74. The molecule has 0 spiro atoms. The van der Waals surface area contributed by atoms with Gasteiger partial charge in [0, 0.05) is 11.8 Å². The van der Waals surface area contributed by atoms with E-state index in [1.165, 1.54) is 0 Å². The number of fused-ring (bicyclic) bond motifs is 2. The van der Waals surface area contributed by atoms with Crippen LogP contribution in [0, 0.1) is 0 Å². The minimum Gasteiger partial charge on any atom is -0.490 e. The molecule has 2 aliphatic rings. The summed E-state index contributed by atoms with van der Waals surface area (Å²) in [6.07, 6.45) is 1.61. The second kappa shape index (κ2) is 12.5. The molecule has 0 aliphatic carbocycles. The maximum Gasteiger partial charge on any atom is 0.294 e. The summed E-state index contributed by atoms with van der Waals surface area (Å²) in [5.41, 5.74) is 2.16. The van der Waals surface area contributed by atoms with Crippen LogP contribution in [0.25, 0.3) is 16.8 Å². The van der Waals surface area contributed by atoms with Gasteiger partial charge in [0.1, 0.15) is 26.4 Å². The zero-order valence-corrected chi connectivity index (χ0v) is 24.1. The van der Waals surface area contributed by atoms with E-state index in [1.807, 2.05) is 25.1 Å². The number of carbonyl (C=O) groups is 3. The minimum absolute atomic E-state index is 0.212. The maximum absolute atomic E-state index is 13.1. The Hall–Kier alpha value is -4.96. The predicted molar refractivity (Wildman–Crippen MR) is 165 cm³/mol. The summed E-state index contributed by atoms with van der Waals surface area (Å²) in [5.74, 6) is 1.16. The van der Waals surface area contributed by atoms with Crippen LogP contribution in [0.5, 0.6) is 23.0 Å². The van der Waals surface area contributed by atoms with Gasteiger partial charge in [0.25, 0.3) is 11.1 Å². The molecule has 0 unspecified atom stereocenters. The lowest BCUT2D eigenvalue weighted by Gasteiger charge is -2.19. The number of nitrogens with one attached hydrogen (secondary N) is 1. The van der Waals surface area contributed by atoms with Crippen LogP contribution < -0.4 is 24.3 Å². The van der Waals surface area contributed by atoms with Crippen LogP contribution in [-0.4, -0.2) is 48.3 Å². The van der Waals surface area contributed by atoms with Crippen LogP contribution in [0.2, 0.25) is 0 Å². The van der Waals surface area contributed by atoms with Crippen LogP contribution in [0.4, 0.5) is 10.5 Å². The molecule has 10 heteroatoms. The second-order valence-electron chi connectivity index (χ2n) is 9.78. The first kappa shape index (κ1) is 28.2. The molecule has 3 amide bonds. The van der Waals surface area contributed by atoms with Gasteiger partial charge in [-0.25, -0.2) is 0 Å². The molecule has 0 atom stereocenters. The Morgan fingerprint density at radius 2 is 1.72 bits per heavy atom. The number of thioether (sulfide) groups is 1. The average molecular weight is 597 g/mol. The Balaban J connectivity index is 1.11. The van der Waals surface area contributed by atoms with Gasteiger partial charge >= 0.3 is 0 Å². The lowest BCUT2D eigenvalue weighted by molar-refractivity contribution is -0.127. The highest BCUT2D eigenvalue weighted by Crippen LogP contribution is 2.36. The van der Waals surface area contributed by atoms with Crippen molar-refractivity contribution < 1.29 is 33.3 Å². The summed E-state index contributed by atoms with van der Waals surface area (Å²) in [7, 11) is 0. The van der Waals surface area contributed by atoms with Gasteiger partial charge < -0.3 is 24.3 Å². The molecule has 6 rings (SSSR count). The van der Waals surface area contributed by atoms with Crippen molar-refractivity contribution in [2.45, 2.75) is 13.5 Å². The molecule has 218 valence electrons. The summed E-state index contributed by atoms with van der Waals surface area (Å²) < 4.78 is 22.9. The van der Waals surface area contributed by atoms with E-state index in [1.54, 1.807) is 42.5 Å². The Bertz CT molecular complexity index is 1750. The van der Waals surface area contributed by atoms with Crippen molar-refractivity contribution in [3.63, 3.8) is 0 Å². The van der Waals surface area contributed by atoms with Gasteiger partial charge in [-0.05, 0) is 77.0 Å². The topological polar surface area (TPSA) is 103 Å². The van der Waals surface area contributed by atoms with Crippen molar-refractivity contribution in [2.75, 3.05) is 31.7 Å². The quantitative estimate of drug-likeness (QED) is 0.226. The molecular weight excluding hydrogens is 568 g/mol. The number of hydrogen-bond acceptors (Lipinski definition) is 8. The van der Waals surface area contributed by atoms with E-state index in [9.17, 15) is 14.4 Å². The number of nitrogens with zero attached hydrogens (tertiary/aromatic N) is 1. The van der Waals surface area contributed by atoms with Crippen molar-refractivity contribution in [3.05, 3.63) is 94.9 Å². The molecule has 1 N–H and O–H groups in total. The van der Waals surface area contributed by atoms with Crippen LogP contribution in [0.1, 0.15) is 18.1 Å². The van der Waals surface area contributed by atoms with Crippen molar-refractivity contribution in [3.8, 4) is 23.0 Å². The molecule has 2 heterocycles. The van der Waals surface area contributed by atoms with E-state index in [-0.39, 0.29) is 4.91 Å². The van der Waals surface area contributed by atoms with Crippen LogP contribution in [-0.2, 0) is 16.2 Å². The molecule has 4 aromatic carbocycles. The standard InChI is InChI=1S/C33H28N2O7S/c1-2-39-28-16-21(8-11-27(28)42-20-22-7-9-23-5-3-4-6-24(23)15-22)17-30-32(37)35(33(38)43-30)19-31(36)34-25-10-12-26-29(18-25)41-14-13-40-26/h3-12,15-18H,2,13-14,19-20H2,1H3,(H,34,36)/b30-17+. The summed E-state index contributed by atoms with van der Waals surface area (Å²) in [6.45, 7) is 3.12. The number of imide groups is 1. The van der Waals surface area contributed by atoms with E-state index in [0.717, 1.165) is 33.0 Å². The van der Waals surface area contributed by atoms with Crippen molar-refractivity contribution >= 4 is 51.4 Å². The summed E-state index contributed by atoms with van der Waals surface area (Å²) in [5, 5.41) is 4.49. The van der Waals surface area contributed by atoms with Crippen molar-refractivity contribution in [1.82, 2.24) is 4.90 Å². The highest BCUT2D eigenvalue weighted by Gasteiger charge is 2.36. The van der Waals surface area contributed by atoms with E-state index in [4.69, 9.17) is 18.9 Å². The monoisotopic (exact) mass is 596 g/mol. The molecule has 4 aromatic rings. The third kappa shape index (κ3) is 6.44. The molecule has 0 saturated carbocycles. The fourth-order valence-corrected chi connectivity index (χ4v) is 5.58. The lowest BCUT2D eigenvalue weighted by Crippen LogP contribution is -2.36. The zero-order valence-electron chi connectivity index (χ0n) is 23.3. The number of amides is 3. The third-order valence-electron chi connectivity index (χ3n) is 6.77. The molecule has 2 aliphatic heterocycles. The molecule has 0 bridgehead atoms. The number of anilines is 1. The van der Waals surface area contributed by atoms with Crippen LogP contribution >= 0.6 is 11.8 Å². The van der Waals surface area contributed by atoms with Crippen molar-refractivity contribution in [1.29, 1.82) is 0 Å². The molecule has 0 radical (unpaired) electrons. The highest BCUT2D eigenvalue weighted by molar-refractivity contribution is 8.18. The van der Waals surface area contributed by atoms with E-state index in [0.29, 0.717) is 60.7 Å². The minimum atomic E-state index is -0.540. The highest BCUT2D eigenvalue weighted by atomic mass is 32.2. The van der Waals surface area contributed by atoms with Crippen molar-refractivity contribution in [2.24, 2.45) is 0 Å². The van der Waals surface area contributed by atoms with Crippen LogP contribution in [0.3, 0.4) is 0 Å². The third-order valence-corrected chi connectivity index (χ3v) is 7.68. The number of rotatable bonds is 9. The van der Waals surface area contributed by atoms with Gasteiger partial charge in [0.05, 0.1) is 11.5 Å². The SMILES string of the molecule is CCOc1cc(/C=C2/SC(=O)N(CC(=O)Nc3ccc4c(c3)OCCO4)C2=O)ccc1OCc1ccc2ccccc2c1. The Morgan fingerprint density at radius 1 is 0.907 bits per heavy atom. The normalized spacial score (nSPS) is 15.2. The molecule has 1 fully saturated rings. The molecule has 0 aromatic heterocycles. The smallest absolute Gasteiger partial charge is 0.294 e. The summed E-state index contributed by atoms with van der Waals surface area (Å²) in [6, 6.07) is 24.7. The van der Waals surface area contributed by atoms with Gasteiger partial charge in [-0.2, -0.15) is 0 Å². The van der Waals surface area contributed by atoms with Gasteiger partial charge in [-0.1, -0.05) is 42.5 Å². The molecule has 9 nitrogen and oxygen atoms in total. The first-order valence-corrected chi connectivity index (χ1v) is 14.6. The van der Waals surface area contributed by atoms with E-state index >= 15 is 0 Å². The molecule has 43 heavy (non-hydrogen) atoms. The van der Waals surface area contributed by atoms with Gasteiger partial charge in [-0.15, -0.1) is 0 Å². The number of benzene rings is 4. The predicted octanol–water partition coefficient (Wildman–Crippen LogP) is 6.26. The number of carbonyl (C=O) groups excluding carboxylic acids is 3. The Kier molecular flexibility index (Phi) is 8.19. The van der Waals surface area contributed by atoms with Gasteiger partial charge in [0.2, 0.25) is 5.91 Å². The number of ether oxygens (including phenoxy) is 4. The largest absolute Gasteiger partial charge is 0.490 e. The van der Waals surface area contributed by atoms with Crippen LogP contribution in [0.15, 0.2) is 83.8 Å². The summed E-state index contributed by atoms with van der Waals surface area (Å²) >= 11 is 0.785. The maximum atomic E-state index is 13.1. The average Bonchev–Trinajstić information content (AvgIpc) is 3.27. The second-order valence-corrected chi connectivity index (χ2v) is 10.8. The molecule has 1 saturated heterocycles. The van der Waals surface area contributed by atoms with Gasteiger partial charge in [-0.3, -0.25) is 19.3 Å². The number of hydrogen-bond donors (Lipinski definition) is 1. The van der Waals surface area contributed by atoms with E-state index < -0.39 is 23.6 Å². The lowest BCUT2D eigenvalue weighted by atomic mass is 10.1. The summed E-state index contributed by atoms with van der Waals surface area (Å²) in [4.78, 5) is 39.6.